The van der Waals surface area contributed by atoms with Gasteiger partial charge in [-0.1, -0.05) is 29.3 Å². The number of esters is 1. The van der Waals surface area contributed by atoms with Crippen molar-refractivity contribution >= 4 is 46.7 Å². The molecule has 0 radical (unpaired) electrons. The second kappa shape index (κ2) is 8.77. The van der Waals surface area contributed by atoms with Crippen molar-refractivity contribution in [3.05, 3.63) is 28.2 Å². The zero-order chi connectivity index (χ0) is 23.3. The Morgan fingerprint density at radius 3 is 2.36 bits per heavy atom. The van der Waals surface area contributed by atoms with Crippen molar-refractivity contribution in [3.63, 3.8) is 0 Å². The number of hydrogen-bond acceptors (Lipinski definition) is 4. The van der Waals surface area contributed by atoms with Crippen LogP contribution in [0.15, 0.2) is 18.2 Å². The highest BCUT2D eigenvalue weighted by atomic mass is 35.5. The van der Waals surface area contributed by atoms with Gasteiger partial charge in [-0.2, -0.15) is 0 Å². The number of likely N-dealkylation sites (tertiary alicyclic amines) is 1. The minimum atomic E-state index is -1.02. The lowest BCUT2D eigenvalue weighted by Gasteiger charge is -2.56. The summed E-state index contributed by atoms with van der Waals surface area (Å²) in [5, 5.41) is 3.21. The predicted molar refractivity (Wildman–Crippen MR) is 126 cm³/mol. The first-order valence-electron chi connectivity index (χ1n) is 12.0. The summed E-state index contributed by atoms with van der Waals surface area (Å²) in [5.74, 6) is 1.12. The number of ether oxygens (including phenoxy) is 1. The third-order valence-electron chi connectivity index (χ3n) is 8.15. The van der Waals surface area contributed by atoms with Crippen LogP contribution in [-0.4, -0.2) is 41.4 Å². The SMILES string of the molecule is CC(OC(=O)C1CCCN1C(=O)C12CC3CC(CC(C3)C1)C2)C(=O)Nc1cccc(Cl)c1Cl. The molecule has 8 heteroatoms. The Labute approximate surface area is 204 Å². The minimum absolute atomic E-state index is 0.142. The fourth-order valence-corrected chi connectivity index (χ4v) is 7.42. The van der Waals surface area contributed by atoms with Gasteiger partial charge in [0.1, 0.15) is 6.04 Å². The Balaban J connectivity index is 1.23. The molecule has 4 bridgehead atoms. The Morgan fingerprint density at radius 2 is 1.73 bits per heavy atom. The van der Waals surface area contributed by atoms with Crippen LogP contribution < -0.4 is 5.32 Å². The van der Waals surface area contributed by atoms with Crippen LogP contribution in [0.2, 0.25) is 10.0 Å². The Morgan fingerprint density at radius 1 is 1.09 bits per heavy atom. The molecule has 2 atom stereocenters. The number of carbonyl (C=O) groups is 3. The highest BCUT2D eigenvalue weighted by molar-refractivity contribution is 6.44. The molecule has 178 valence electrons. The van der Waals surface area contributed by atoms with Crippen molar-refractivity contribution in [3.8, 4) is 0 Å². The van der Waals surface area contributed by atoms with E-state index in [1.807, 2.05) is 0 Å². The molecule has 4 aliphatic carbocycles. The van der Waals surface area contributed by atoms with Crippen molar-refractivity contribution in [2.45, 2.75) is 70.4 Å². The number of carbonyl (C=O) groups excluding carboxylic acids is 3. The third kappa shape index (κ3) is 4.25. The summed E-state index contributed by atoms with van der Waals surface area (Å²) in [6, 6.07) is 4.31. The van der Waals surface area contributed by atoms with Crippen LogP contribution in [0.4, 0.5) is 5.69 Å². The van der Waals surface area contributed by atoms with Gasteiger partial charge in [0.25, 0.3) is 5.91 Å². The molecule has 4 saturated carbocycles. The van der Waals surface area contributed by atoms with Gasteiger partial charge in [0, 0.05) is 6.54 Å². The highest BCUT2D eigenvalue weighted by Crippen LogP contribution is 2.60. The van der Waals surface area contributed by atoms with Gasteiger partial charge in [0.15, 0.2) is 6.10 Å². The smallest absolute Gasteiger partial charge is 0.329 e. The van der Waals surface area contributed by atoms with E-state index < -0.39 is 24.0 Å². The zero-order valence-corrected chi connectivity index (χ0v) is 20.3. The summed E-state index contributed by atoms with van der Waals surface area (Å²) >= 11 is 12.1. The number of nitrogens with zero attached hydrogens (tertiary/aromatic N) is 1. The summed E-state index contributed by atoms with van der Waals surface area (Å²) < 4.78 is 5.52. The average Bonchev–Trinajstić information content (AvgIpc) is 3.25. The van der Waals surface area contributed by atoms with Gasteiger partial charge in [-0.15, -0.1) is 0 Å². The lowest BCUT2D eigenvalue weighted by molar-refractivity contribution is -0.168. The van der Waals surface area contributed by atoms with E-state index in [4.69, 9.17) is 27.9 Å². The van der Waals surface area contributed by atoms with Gasteiger partial charge in [0.2, 0.25) is 5.91 Å². The first kappa shape index (κ1) is 23.0. The van der Waals surface area contributed by atoms with Gasteiger partial charge in [-0.05, 0) is 88.2 Å². The predicted octanol–water partition coefficient (Wildman–Crippen LogP) is 5.07. The van der Waals surface area contributed by atoms with Gasteiger partial charge in [-0.3, -0.25) is 9.59 Å². The van der Waals surface area contributed by atoms with E-state index in [1.165, 1.54) is 26.2 Å². The molecule has 1 saturated heterocycles. The van der Waals surface area contributed by atoms with Crippen LogP contribution in [0.1, 0.15) is 58.3 Å². The van der Waals surface area contributed by atoms with Crippen LogP contribution in [0.25, 0.3) is 0 Å². The molecule has 2 amide bonds. The molecular weight excluding hydrogens is 463 g/mol. The highest BCUT2D eigenvalue weighted by Gasteiger charge is 2.57. The topological polar surface area (TPSA) is 75.7 Å². The van der Waals surface area contributed by atoms with E-state index in [9.17, 15) is 14.4 Å². The molecule has 33 heavy (non-hydrogen) atoms. The standard InChI is InChI=1S/C25H30Cl2N2O4/c1-14(22(30)28-19-5-2-4-18(26)21(19)27)33-23(31)20-6-3-7-29(20)24(32)25-11-15-8-16(12-25)10-17(9-15)13-25/h2,4-5,14-17,20H,3,6-13H2,1H3,(H,28,30). The van der Waals surface area contributed by atoms with Crippen LogP contribution >= 0.6 is 23.2 Å². The maximum Gasteiger partial charge on any atom is 0.329 e. The normalized spacial score (nSPS) is 33.1. The first-order valence-corrected chi connectivity index (χ1v) is 12.8. The van der Waals surface area contributed by atoms with Crippen molar-refractivity contribution in [2.24, 2.45) is 23.2 Å². The Bertz CT molecular complexity index is 946. The second-order valence-corrected chi connectivity index (χ2v) is 11.3. The Kier molecular flexibility index (Phi) is 6.11. The number of rotatable bonds is 5. The van der Waals surface area contributed by atoms with Crippen LogP contribution in [-0.2, 0) is 19.1 Å². The molecule has 5 aliphatic rings. The van der Waals surface area contributed by atoms with Crippen LogP contribution in [0.3, 0.4) is 0 Å². The van der Waals surface area contributed by atoms with E-state index in [2.05, 4.69) is 5.32 Å². The molecule has 0 spiro atoms. The molecule has 1 aliphatic heterocycles. The second-order valence-electron chi connectivity index (χ2n) is 10.5. The number of halogens is 2. The fourth-order valence-electron chi connectivity index (χ4n) is 7.07. The number of amides is 2. The molecule has 1 aromatic carbocycles. The monoisotopic (exact) mass is 492 g/mol. The van der Waals surface area contributed by atoms with Crippen molar-refractivity contribution in [1.29, 1.82) is 0 Å². The number of nitrogens with one attached hydrogen (secondary N) is 1. The molecular formula is C25H30Cl2N2O4. The van der Waals surface area contributed by atoms with E-state index >= 15 is 0 Å². The molecule has 1 aromatic rings. The maximum absolute atomic E-state index is 13.8. The molecule has 5 fully saturated rings. The average molecular weight is 493 g/mol. The van der Waals surface area contributed by atoms with E-state index in [-0.39, 0.29) is 16.3 Å². The van der Waals surface area contributed by atoms with Gasteiger partial charge >= 0.3 is 5.97 Å². The first-order chi connectivity index (χ1) is 15.8. The van der Waals surface area contributed by atoms with E-state index in [0.717, 1.165) is 25.7 Å². The molecule has 6 nitrogen and oxygen atoms in total. The van der Waals surface area contributed by atoms with Crippen molar-refractivity contribution < 1.29 is 19.1 Å². The summed E-state index contributed by atoms with van der Waals surface area (Å²) in [6.45, 7) is 2.10. The fraction of sp³-hybridized carbons (Fsp3) is 0.640. The zero-order valence-electron chi connectivity index (χ0n) is 18.8. The number of hydrogen-bond donors (Lipinski definition) is 1. The number of benzene rings is 1. The molecule has 1 heterocycles. The number of anilines is 1. The summed E-state index contributed by atoms with van der Waals surface area (Å²) in [7, 11) is 0. The summed E-state index contributed by atoms with van der Waals surface area (Å²) in [4.78, 5) is 41.1. The van der Waals surface area contributed by atoms with Crippen LogP contribution in [0, 0.1) is 23.2 Å². The van der Waals surface area contributed by atoms with Crippen LogP contribution in [0.5, 0.6) is 0 Å². The van der Waals surface area contributed by atoms with Gasteiger partial charge in [-0.25, -0.2) is 4.79 Å². The largest absolute Gasteiger partial charge is 0.451 e. The van der Waals surface area contributed by atoms with E-state index in [0.29, 0.717) is 41.4 Å². The van der Waals surface area contributed by atoms with Crippen molar-refractivity contribution in [1.82, 2.24) is 4.90 Å². The van der Waals surface area contributed by atoms with E-state index in [1.54, 1.807) is 23.1 Å². The summed E-state index contributed by atoms with van der Waals surface area (Å²) in [5.41, 5.74) is 0.0702. The van der Waals surface area contributed by atoms with Gasteiger partial charge < -0.3 is 15.0 Å². The maximum atomic E-state index is 13.8. The lowest BCUT2D eigenvalue weighted by Crippen LogP contribution is -2.56. The van der Waals surface area contributed by atoms with Crippen molar-refractivity contribution in [2.75, 3.05) is 11.9 Å². The third-order valence-corrected chi connectivity index (χ3v) is 8.97. The quantitative estimate of drug-likeness (QED) is 0.582. The lowest BCUT2D eigenvalue weighted by atomic mass is 9.49. The van der Waals surface area contributed by atoms with Gasteiger partial charge in [0.05, 0.1) is 21.1 Å². The molecule has 6 rings (SSSR count). The molecule has 1 N–H and O–H groups in total. The minimum Gasteiger partial charge on any atom is -0.451 e. The summed E-state index contributed by atoms with van der Waals surface area (Å²) in [6.07, 6.45) is 7.02. The Hall–Kier alpha value is -1.79. The molecule has 2 unspecified atom stereocenters. The molecule has 0 aromatic heterocycles.